The Bertz CT molecular complexity index is 441. The molecule has 0 aromatic carbocycles. The van der Waals surface area contributed by atoms with Crippen molar-refractivity contribution < 1.29 is 0 Å². The summed E-state index contributed by atoms with van der Waals surface area (Å²) in [5.41, 5.74) is 1.20. The number of rotatable bonds is 6. The molecule has 2 saturated heterocycles. The van der Waals surface area contributed by atoms with Crippen molar-refractivity contribution in [1.82, 2.24) is 15.2 Å². The van der Waals surface area contributed by atoms with Gasteiger partial charge in [0.05, 0.1) is 5.69 Å². The number of anilines is 1. The van der Waals surface area contributed by atoms with Crippen molar-refractivity contribution in [1.29, 1.82) is 0 Å². The van der Waals surface area contributed by atoms with Crippen LogP contribution in [0.4, 0.5) is 5.13 Å². The SMILES string of the molecule is CCCNC(C)c1csc(N2CCC(N3CCCC3)C2)n1. The molecule has 4 nitrogen and oxygen atoms in total. The number of nitrogens with one attached hydrogen (secondary N) is 1. The van der Waals surface area contributed by atoms with Crippen molar-refractivity contribution in [2.75, 3.05) is 37.6 Å². The van der Waals surface area contributed by atoms with Crippen molar-refractivity contribution in [3.63, 3.8) is 0 Å². The summed E-state index contributed by atoms with van der Waals surface area (Å²) in [6.07, 6.45) is 5.25. The lowest BCUT2D eigenvalue weighted by Gasteiger charge is -2.23. The van der Waals surface area contributed by atoms with Crippen molar-refractivity contribution in [3.8, 4) is 0 Å². The maximum absolute atomic E-state index is 4.87. The van der Waals surface area contributed by atoms with E-state index >= 15 is 0 Å². The van der Waals surface area contributed by atoms with Gasteiger partial charge in [0, 0.05) is 30.6 Å². The van der Waals surface area contributed by atoms with E-state index in [4.69, 9.17) is 4.98 Å². The molecule has 2 aliphatic rings. The molecule has 21 heavy (non-hydrogen) atoms. The van der Waals surface area contributed by atoms with E-state index in [9.17, 15) is 0 Å². The van der Waals surface area contributed by atoms with Gasteiger partial charge < -0.3 is 10.2 Å². The zero-order chi connectivity index (χ0) is 14.7. The molecule has 0 aliphatic carbocycles. The number of nitrogens with zero attached hydrogens (tertiary/aromatic N) is 3. The maximum Gasteiger partial charge on any atom is 0.185 e. The van der Waals surface area contributed by atoms with Crippen molar-refractivity contribution in [2.45, 2.75) is 51.6 Å². The summed E-state index contributed by atoms with van der Waals surface area (Å²) in [4.78, 5) is 10.0. The molecule has 1 aromatic heterocycles. The molecule has 2 atom stereocenters. The molecule has 3 rings (SSSR count). The molecule has 2 unspecified atom stereocenters. The van der Waals surface area contributed by atoms with Gasteiger partial charge in [-0.3, -0.25) is 4.90 Å². The lowest BCUT2D eigenvalue weighted by Crippen LogP contribution is -2.35. The highest BCUT2D eigenvalue weighted by Gasteiger charge is 2.30. The number of likely N-dealkylation sites (tertiary alicyclic amines) is 1. The van der Waals surface area contributed by atoms with E-state index in [2.05, 4.69) is 34.3 Å². The first-order chi connectivity index (χ1) is 10.3. The Morgan fingerprint density at radius 1 is 1.38 bits per heavy atom. The minimum Gasteiger partial charge on any atom is -0.346 e. The third-order valence-electron chi connectivity index (χ3n) is 4.74. The molecule has 2 aliphatic heterocycles. The zero-order valence-corrected chi connectivity index (χ0v) is 14.2. The van der Waals surface area contributed by atoms with Gasteiger partial charge in [-0.25, -0.2) is 4.98 Å². The summed E-state index contributed by atoms with van der Waals surface area (Å²) in [7, 11) is 0. The highest BCUT2D eigenvalue weighted by Crippen LogP contribution is 2.29. The maximum atomic E-state index is 4.87. The highest BCUT2D eigenvalue weighted by atomic mass is 32.1. The van der Waals surface area contributed by atoms with Crippen LogP contribution in [0.5, 0.6) is 0 Å². The average molecular weight is 308 g/mol. The Morgan fingerprint density at radius 2 is 2.19 bits per heavy atom. The van der Waals surface area contributed by atoms with Crippen molar-refractivity contribution >= 4 is 16.5 Å². The monoisotopic (exact) mass is 308 g/mol. The van der Waals surface area contributed by atoms with Gasteiger partial charge in [0.2, 0.25) is 0 Å². The molecular weight excluding hydrogens is 280 g/mol. The van der Waals surface area contributed by atoms with Gasteiger partial charge in [-0.15, -0.1) is 11.3 Å². The standard InChI is InChI=1S/C16H28N4S/c1-3-7-17-13(2)15-12-21-16(18-15)20-10-6-14(11-20)19-8-4-5-9-19/h12-14,17H,3-11H2,1-2H3. The minimum atomic E-state index is 0.368. The van der Waals surface area contributed by atoms with Crippen LogP contribution >= 0.6 is 11.3 Å². The molecule has 1 N–H and O–H groups in total. The number of hydrogen-bond acceptors (Lipinski definition) is 5. The molecule has 0 spiro atoms. The average Bonchev–Trinajstić information content (AvgIpc) is 3.24. The lowest BCUT2D eigenvalue weighted by molar-refractivity contribution is 0.260. The molecule has 3 heterocycles. The van der Waals surface area contributed by atoms with Gasteiger partial charge in [0.15, 0.2) is 5.13 Å². The smallest absolute Gasteiger partial charge is 0.185 e. The van der Waals surface area contributed by atoms with Gasteiger partial charge in [0.25, 0.3) is 0 Å². The summed E-state index contributed by atoms with van der Waals surface area (Å²) in [6, 6.07) is 1.13. The predicted molar refractivity (Wildman–Crippen MR) is 90.2 cm³/mol. The third kappa shape index (κ3) is 3.58. The molecule has 2 fully saturated rings. The second-order valence-electron chi connectivity index (χ2n) is 6.36. The Morgan fingerprint density at radius 3 is 2.95 bits per heavy atom. The molecule has 0 saturated carbocycles. The van der Waals surface area contributed by atoms with Crippen molar-refractivity contribution in [3.05, 3.63) is 11.1 Å². The molecule has 5 heteroatoms. The lowest BCUT2D eigenvalue weighted by atomic mass is 10.2. The first-order valence-electron chi connectivity index (χ1n) is 8.45. The van der Waals surface area contributed by atoms with E-state index < -0.39 is 0 Å². The number of hydrogen-bond donors (Lipinski definition) is 1. The third-order valence-corrected chi connectivity index (χ3v) is 5.66. The van der Waals surface area contributed by atoms with Crippen LogP contribution in [0.25, 0.3) is 0 Å². The van der Waals surface area contributed by atoms with Crippen LogP contribution in [-0.2, 0) is 0 Å². The summed E-state index contributed by atoms with van der Waals surface area (Å²) in [5.74, 6) is 0. The van der Waals surface area contributed by atoms with Crippen LogP contribution in [0.15, 0.2) is 5.38 Å². The van der Waals surface area contributed by atoms with Gasteiger partial charge in [-0.05, 0) is 52.2 Å². The normalized spacial score (nSPS) is 24.9. The summed E-state index contributed by atoms with van der Waals surface area (Å²) < 4.78 is 0. The Hall–Kier alpha value is -0.650. The Labute approximate surface area is 132 Å². The van der Waals surface area contributed by atoms with E-state index in [1.165, 1.54) is 62.7 Å². The van der Waals surface area contributed by atoms with Gasteiger partial charge in [0.1, 0.15) is 0 Å². The van der Waals surface area contributed by atoms with Crippen LogP contribution in [-0.4, -0.2) is 48.6 Å². The van der Waals surface area contributed by atoms with Crippen LogP contribution in [0.1, 0.15) is 51.3 Å². The minimum absolute atomic E-state index is 0.368. The Kier molecular flexibility index (Phi) is 5.14. The molecule has 0 amide bonds. The summed E-state index contributed by atoms with van der Waals surface area (Å²) in [5, 5.41) is 6.97. The first kappa shape index (κ1) is 15.3. The molecular formula is C16H28N4S. The first-order valence-corrected chi connectivity index (χ1v) is 9.33. The highest BCUT2D eigenvalue weighted by molar-refractivity contribution is 7.13. The van der Waals surface area contributed by atoms with Gasteiger partial charge in [-0.2, -0.15) is 0 Å². The van der Waals surface area contributed by atoms with Gasteiger partial charge >= 0.3 is 0 Å². The number of thiazole rings is 1. The van der Waals surface area contributed by atoms with E-state index in [-0.39, 0.29) is 0 Å². The van der Waals surface area contributed by atoms with E-state index in [0.717, 1.165) is 12.6 Å². The zero-order valence-electron chi connectivity index (χ0n) is 13.3. The second kappa shape index (κ2) is 7.07. The fourth-order valence-electron chi connectivity index (χ4n) is 3.41. The second-order valence-corrected chi connectivity index (χ2v) is 7.20. The molecule has 0 radical (unpaired) electrons. The molecule has 0 bridgehead atoms. The van der Waals surface area contributed by atoms with E-state index in [0.29, 0.717) is 6.04 Å². The van der Waals surface area contributed by atoms with Crippen LogP contribution < -0.4 is 10.2 Å². The quantitative estimate of drug-likeness (QED) is 0.875. The largest absolute Gasteiger partial charge is 0.346 e. The van der Waals surface area contributed by atoms with Gasteiger partial charge in [-0.1, -0.05) is 6.92 Å². The molecule has 1 aromatic rings. The van der Waals surface area contributed by atoms with Crippen molar-refractivity contribution in [2.24, 2.45) is 0 Å². The topological polar surface area (TPSA) is 31.4 Å². The molecule has 118 valence electrons. The fraction of sp³-hybridized carbons (Fsp3) is 0.812. The summed E-state index contributed by atoms with van der Waals surface area (Å²) >= 11 is 1.81. The van der Waals surface area contributed by atoms with E-state index in [1.807, 2.05) is 11.3 Å². The predicted octanol–water partition coefficient (Wildman–Crippen LogP) is 2.88. The summed E-state index contributed by atoms with van der Waals surface area (Å²) in [6.45, 7) is 10.4. The Balaban J connectivity index is 1.56. The van der Waals surface area contributed by atoms with Crippen LogP contribution in [0.2, 0.25) is 0 Å². The van der Waals surface area contributed by atoms with Crippen LogP contribution in [0.3, 0.4) is 0 Å². The van der Waals surface area contributed by atoms with E-state index in [1.54, 1.807) is 0 Å². The van der Waals surface area contributed by atoms with Crippen LogP contribution in [0, 0.1) is 0 Å². The fourth-order valence-corrected chi connectivity index (χ4v) is 4.36. The number of aromatic nitrogens is 1.